The van der Waals surface area contributed by atoms with Gasteiger partial charge >= 0.3 is 6.18 Å². The molecule has 0 bridgehead atoms. The quantitative estimate of drug-likeness (QED) is 0.749. The molecule has 16 heavy (non-hydrogen) atoms. The third-order valence-corrected chi connectivity index (χ3v) is 2.07. The van der Waals surface area contributed by atoms with Gasteiger partial charge in [-0.05, 0) is 6.07 Å². The van der Waals surface area contributed by atoms with E-state index in [1.54, 1.807) is 12.1 Å². The second kappa shape index (κ2) is 3.62. The molecule has 0 aromatic carbocycles. The normalized spacial score (nSPS) is 11.8. The minimum atomic E-state index is -4.45. The maximum absolute atomic E-state index is 12.7. The molecule has 2 rings (SSSR count). The Hall–Kier alpha value is -1.85. The zero-order valence-electron chi connectivity index (χ0n) is 8.36. The zero-order valence-corrected chi connectivity index (χ0v) is 8.36. The van der Waals surface area contributed by atoms with Gasteiger partial charge < -0.3 is 0 Å². The standard InChI is InChI=1S/C10H8F3N3/c1-16-6-8(7-3-2-4-14-5-7)9(15-16)10(11,12)13/h2-6H,1H3. The lowest BCUT2D eigenvalue weighted by Crippen LogP contribution is -2.08. The number of rotatable bonds is 1. The first kappa shape index (κ1) is 10.7. The highest BCUT2D eigenvalue weighted by Crippen LogP contribution is 2.35. The number of aryl methyl sites for hydroxylation is 1. The van der Waals surface area contributed by atoms with E-state index in [2.05, 4.69) is 10.1 Å². The second-order valence-electron chi connectivity index (χ2n) is 3.30. The van der Waals surface area contributed by atoms with Crippen LogP contribution in [0.3, 0.4) is 0 Å². The lowest BCUT2D eigenvalue weighted by Gasteiger charge is -2.05. The molecule has 0 aliphatic heterocycles. The van der Waals surface area contributed by atoms with E-state index in [1.165, 1.54) is 25.6 Å². The van der Waals surface area contributed by atoms with Crippen LogP contribution in [0.15, 0.2) is 30.7 Å². The van der Waals surface area contributed by atoms with Crippen LogP contribution < -0.4 is 0 Å². The molecule has 0 atom stereocenters. The predicted molar refractivity (Wildman–Crippen MR) is 51.4 cm³/mol. The Morgan fingerprint density at radius 2 is 2.06 bits per heavy atom. The fraction of sp³-hybridized carbons (Fsp3) is 0.200. The summed E-state index contributed by atoms with van der Waals surface area (Å²) in [5.41, 5.74) is -0.436. The maximum atomic E-state index is 12.7. The van der Waals surface area contributed by atoms with Gasteiger partial charge in [-0.2, -0.15) is 18.3 Å². The Morgan fingerprint density at radius 3 is 2.62 bits per heavy atom. The molecule has 0 N–H and O–H groups in total. The first-order valence-corrected chi connectivity index (χ1v) is 4.50. The molecule has 0 aliphatic carbocycles. The molecule has 2 heterocycles. The summed E-state index contributed by atoms with van der Waals surface area (Å²) in [5.74, 6) is 0. The number of nitrogens with zero attached hydrogens (tertiary/aromatic N) is 3. The van der Waals surface area contributed by atoms with Gasteiger partial charge in [0, 0.05) is 36.8 Å². The van der Waals surface area contributed by atoms with Crippen LogP contribution >= 0.6 is 0 Å². The van der Waals surface area contributed by atoms with Crippen LogP contribution in [0.5, 0.6) is 0 Å². The predicted octanol–water partition coefficient (Wildman–Crippen LogP) is 2.50. The third kappa shape index (κ3) is 1.91. The van der Waals surface area contributed by atoms with E-state index in [9.17, 15) is 13.2 Å². The van der Waals surface area contributed by atoms with Crippen molar-refractivity contribution in [1.29, 1.82) is 0 Å². The summed E-state index contributed by atoms with van der Waals surface area (Å²) in [4.78, 5) is 3.79. The summed E-state index contributed by atoms with van der Waals surface area (Å²) in [6, 6.07) is 3.15. The first-order valence-electron chi connectivity index (χ1n) is 4.50. The molecule has 0 amide bonds. The SMILES string of the molecule is Cn1cc(-c2cccnc2)c(C(F)(F)F)n1. The van der Waals surface area contributed by atoms with Crippen molar-refractivity contribution in [3.63, 3.8) is 0 Å². The number of pyridine rings is 1. The minimum absolute atomic E-state index is 0.0445. The van der Waals surface area contributed by atoms with Gasteiger partial charge in [-0.1, -0.05) is 6.07 Å². The Balaban J connectivity index is 2.58. The molecule has 0 saturated heterocycles. The van der Waals surface area contributed by atoms with Gasteiger partial charge in [-0.25, -0.2) is 0 Å². The third-order valence-electron chi connectivity index (χ3n) is 2.07. The Kier molecular flexibility index (Phi) is 2.41. The lowest BCUT2D eigenvalue weighted by molar-refractivity contribution is -0.140. The highest BCUT2D eigenvalue weighted by molar-refractivity contribution is 5.64. The van der Waals surface area contributed by atoms with Crippen LogP contribution in [-0.4, -0.2) is 14.8 Å². The summed E-state index contributed by atoms with van der Waals surface area (Å²) >= 11 is 0. The summed E-state index contributed by atoms with van der Waals surface area (Å²) < 4.78 is 39.1. The van der Waals surface area contributed by atoms with E-state index in [0.29, 0.717) is 5.56 Å². The molecule has 0 radical (unpaired) electrons. The molecule has 0 fully saturated rings. The number of alkyl halides is 3. The number of hydrogen-bond acceptors (Lipinski definition) is 2. The molecular formula is C10H8F3N3. The van der Waals surface area contributed by atoms with Crippen molar-refractivity contribution in [2.75, 3.05) is 0 Å². The van der Waals surface area contributed by atoms with E-state index >= 15 is 0 Å². The van der Waals surface area contributed by atoms with Gasteiger partial charge in [0.05, 0.1) is 0 Å². The van der Waals surface area contributed by atoms with Crippen molar-refractivity contribution in [1.82, 2.24) is 14.8 Å². The summed E-state index contributed by atoms with van der Waals surface area (Å²) in [7, 11) is 1.45. The Bertz CT molecular complexity index is 488. The first-order chi connectivity index (χ1) is 7.48. The van der Waals surface area contributed by atoms with Crippen LogP contribution in [0.2, 0.25) is 0 Å². The molecule has 0 spiro atoms. The largest absolute Gasteiger partial charge is 0.435 e. The Labute approximate surface area is 89.5 Å². The number of halogens is 3. The van der Waals surface area contributed by atoms with Crippen molar-refractivity contribution < 1.29 is 13.2 Å². The zero-order chi connectivity index (χ0) is 11.8. The fourth-order valence-electron chi connectivity index (χ4n) is 1.43. The van der Waals surface area contributed by atoms with Crippen LogP contribution in [0.4, 0.5) is 13.2 Å². The van der Waals surface area contributed by atoms with E-state index < -0.39 is 11.9 Å². The van der Waals surface area contributed by atoms with Gasteiger partial charge in [0.1, 0.15) is 0 Å². The van der Waals surface area contributed by atoms with Crippen molar-refractivity contribution in [2.24, 2.45) is 7.05 Å². The van der Waals surface area contributed by atoms with E-state index in [-0.39, 0.29) is 5.56 Å². The van der Waals surface area contributed by atoms with E-state index in [4.69, 9.17) is 0 Å². The van der Waals surface area contributed by atoms with E-state index in [1.807, 2.05) is 0 Å². The minimum Gasteiger partial charge on any atom is -0.275 e. The molecular weight excluding hydrogens is 219 g/mol. The smallest absolute Gasteiger partial charge is 0.275 e. The molecule has 6 heteroatoms. The average Bonchev–Trinajstić information content (AvgIpc) is 2.61. The van der Waals surface area contributed by atoms with Gasteiger partial charge in [0.15, 0.2) is 5.69 Å². The highest BCUT2D eigenvalue weighted by Gasteiger charge is 2.37. The Morgan fingerprint density at radius 1 is 1.31 bits per heavy atom. The molecule has 0 unspecified atom stereocenters. The number of aromatic nitrogens is 3. The van der Waals surface area contributed by atoms with Crippen molar-refractivity contribution in [2.45, 2.75) is 6.18 Å². The van der Waals surface area contributed by atoms with Gasteiger partial charge in [-0.15, -0.1) is 0 Å². The lowest BCUT2D eigenvalue weighted by atomic mass is 10.1. The summed E-state index contributed by atoms with van der Waals surface area (Å²) in [6.07, 6.45) is -0.231. The fourth-order valence-corrected chi connectivity index (χ4v) is 1.43. The second-order valence-corrected chi connectivity index (χ2v) is 3.30. The summed E-state index contributed by atoms with van der Waals surface area (Å²) in [6.45, 7) is 0. The molecule has 0 aliphatic rings. The van der Waals surface area contributed by atoms with Gasteiger partial charge in [0.25, 0.3) is 0 Å². The molecule has 0 saturated carbocycles. The van der Waals surface area contributed by atoms with Crippen molar-refractivity contribution in [3.05, 3.63) is 36.4 Å². The van der Waals surface area contributed by atoms with Crippen LogP contribution in [-0.2, 0) is 13.2 Å². The number of hydrogen-bond donors (Lipinski definition) is 0. The van der Waals surface area contributed by atoms with Crippen LogP contribution in [0.25, 0.3) is 11.1 Å². The molecule has 3 nitrogen and oxygen atoms in total. The maximum Gasteiger partial charge on any atom is 0.435 e. The highest BCUT2D eigenvalue weighted by atomic mass is 19.4. The van der Waals surface area contributed by atoms with Gasteiger partial charge in [0.2, 0.25) is 0 Å². The van der Waals surface area contributed by atoms with Gasteiger partial charge in [-0.3, -0.25) is 9.67 Å². The van der Waals surface area contributed by atoms with E-state index in [0.717, 1.165) is 4.68 Å². The average molecular weight is 227 g/mol. The molecule has 84 valence electrons. The van der Waals surface area contributed by atoms with Crippen molar-refractivity contribution in [3.8, 4) is 11.1 Å². The molecule has 2 aromatic rings. The van der Waals surface area contributed by atoms with Crippen LogP contribution in [0, 0.1) is 0 Å². The van der Waals surface area contributed by atoms with Crippen molar-refractivity contribution >= 4 is 0 Å². The molecule has 2 aromatic heterocycles. The summed E-state index contributed by atoms with van der Waals surface area (Å²) in [5, 5.41) is 3.42. The van der Waals surface area contributed by atoms with Crippen LogP contribution in [0.1, 0.15) is 5.69 Å². The topological polar surface area (TPSA) is 30.7 Å². The monoisotopic (exact) mass is 227 g/mol.